The van der Waals surface area contributed by atoms with Crippen LogP contribution in [0.5, 0.6) is 5.88 Å². The van der Waals surface area contributed by atoms with E-state index < -0.39 is 5.82 Å². The number of aromatic nitrogens is 2. The Labute approximate surface area is 64.8 Å². The molecule has 1 aromatic heterocycles. The zero-order valence-electron chi connectivity index (χ0n) is 6.59. The Morgan fingerprint density at radius 3 is 2.91 bits per heavy atom. The van der Waals surface area contributed by atoms with Gasteiger partial charge in [0, 0.05) is 6.54 Å². The van der Waals surface area contributed by atoms with Gasteiger partial charge in [-0.1, -0.05) is 0 Å². The molecule has 1 rings (SSSR count). The lowest BCUT2D eigenvalue weighted by molar-refractivity contribution is 0.288. The molecule has 0 amide bonds. The lowest BCUT2D eigenvalue weighted by Gasteiger charge is -2.03. The van der Waals surface area contributed by atoms with Crippen LogP contribution in [0.1, 0.15) is 13.8 Å². The van der Waals surface area contributed by atoms with Gasteiger partial charge < -0.3 is 4.74 Å². The fraction of sp³-hybridized carbons (Fsp3) is 0.571. The van der Waals surface area contributed by atoms with Crippen LogP contribution in [0.2, 0.25) is 0 Å². The second kappa shape index (κ2) is 3.37. The van der Waals surface area contributed by atoms with E-state index in [0.29, 0.717) is 13.2 Å². The van der Waals surface area contributed by atoms with Crippen molar-refractivity contribution in [2.24, 2.45) is 0 Å². The van der Waals surface area contributed by atoms with Gasteiger partial charge in [0.15, 0.2) is 6.20 Å². The molecule has 0 N–H and O–H groups in total. The molecule has 0 bridgehead atoms. The Kier molecular flexibility index (Phi) is 2.46. The summed E-state index contributed by atoms with van der Waals surface area (Å²) in [5.41, 5.74) is 0. The fourth-order valence-electron chi connectivity index (χ4n) is 0.800. The minimum atomic E-state index is -0.520. The summed E-state index contributed by atoms with van der Waals surface area (Å²) >= 11 is 0. The molecule has 11 heavy (non-hydrogen) atoms. The van der Waals surface area contributed by atoms with Crippen molar-refractivity contribution in [3.05, 3.63) is 12.0 Å². The van der Waals surface area contributed by atoms with E-state index in [1.54, 1.807) is 6.92 Å². The zero-order valence-corrected chi connectivity index (χ0v) is 6.59. The molecule has 0 aliphatic heterocycles. The molecule has 0 unspecified atom stereocenters. The second-order valence-corrected chi connectivity index (χ2v) is 1.98. The van der Waals surface area contributed by atoms with Gasteiger partial charge in [-0.3, -0.25) is 0 Å². The van der Waals surface area contributed by atoms with E-state index in [1.165, 1.54) is 4.68 Å². The molecular weight excluding hydrogens is 147 g/mol. The molecule has 0 aliphatic carbocycles. The summed E-state index contributed by atoms with van der Waals surface area (Å²) in [6, 6.07) is 0. The molecule has 0 fully saturated rings. The molecule has 0 atom stereocenters. The fourth-order valence-corrected chi connectivity index (χ4v) is 0.800. The van der Waals surface area contributed by atoms with Crippen LogP contribution >= 0.6 is 0 Å². The smallest absolute Gasteiger partial charge is 0.249 e. The summed E-state index contributed by atoms with van der Waals surface area (Å²) < 4.78 is 19.1. The lowest BCUT2D eigenvalue weighted by Crippen LogP contribution is -2.03. The van der Waals surface area contributed by atoms with Crippen molar-refractivity contribution >= 4 is 0 Å². The number of aryl methyl sites for hydroxylation is 1. The van der Waals surface area contributed by atoms with Crippen LogP contribution in [0.3, 0.4) is 0 Å². The first kappa shape index (κ1) is 8.04. The van der Waals surface area contributed by atoms with Crippen molar-refractivity contribution in [1.82, 2.24) is 9.78 Å². The number of ether oxygens (including phenoxy) is 1. The van der Waals surface area contributed by atoms with E-state index in [0.717, 1.165) is 0 Å². The molecule has 0 spiro atoms. The van der Waals surface area contributed by atoms with Gasteiger partial charge >= 0.3 is 0 Å². The number of rotatable bonds is 3. The lowest BCUT2D eigenvalue weighted by atomic mass is 10.6. The van der Waals surface area contributed by atoms with Gasteiger partial charge in [-0.05, 0) is 13.8 Å². The summed E-state index contributed by atoms with van der Waals surface area (Å²) in [5.74, 6) is -0.344. The topological polar surface area (TPSA) is 27.1 Å². The molecule has 1 aromatic rings. The van der Waals surface area contributed by atoms with E-state index in [4.69, 9.17) is 4.74 Å². The van der Waals surface area contributed by atoms with Crippen LogP contribution in [0, 0.1) is 12.0 Å². The normalized spacial score (nSPS) is 10.1. The SMILES string of the molecule is CCOc1c(F)[c]nn1CC. The molecule has 0 saturated carbocycles. The van der Waals surface area contributed by atoms with Gasteiger partial charge in [-0.15, -0.1) is 0 Å². The summed E-state index contributed by atoms with van der Waals surface area (Å²) in [6.07, 6.45) is 2.19. The molecule has 61 valence electrons. The Balaban J connectivity index is 2.88. The number of hydrogen-bond donors (Lipinski definition) is 0. The van der Waals surface area contributed by atoms with Gasteiger partial charge in [0.1, 0.15) is 0 Å². The van der Waals surface area contributed by atoms with Crippen molar-refractivity contribution in [3.8, 4) is 5.88 Å². The maximum absolute atomic E-state index is 12.7. The predicted octanol–water partition coefficient (Wildman–Crippen LogP) is 1.24. The first-order valence-electron chi connectivity index (χ1n) is 3.56. The van der Waals surface area contributed by atoms with Gasteiger partial charge in [0.05, 0.1) is 6.61 Å². The molecule has 0 aliphatic rings. The molecule has 0 saturated heterocycles. The van der Waals surface area contributed by atoms with Crippen LogP contribution in [0.25, 0.3) is 0 Å². The van der Waals surface area contributed by atoms with E-state index in [9.17, 15) is 4.39 Å². The van der Waals surface area contributed by atoms with Gasteiger partial charge in [0.25, 0.3) is 0 Å². The third-order valence-corrected chi connectivity index (χ3v) is 1.27. The Hall–Kier alpha value is -1.06. The Morgan fingerprint density at radius 1 is 1.64 bits per heavy atom. The molecule has 1 heterocycles. The van der Waals surface area contributed by atoms with E-state index >= 15 is 0 Å². The van der Waals surface area contributed by atoms with Crippen molar-refractivity contribution in [2.45, 2.75) is 20.4 Å². The minimum Gasteiger partial charge on any atom is -0.476 e. The summed E-state index contributed by atoms with van der Waals surface area (Å²) in [5, 5.41) is 3.64. The third-order valence-electron chi connectivity index (χ3n) is 1.27. The van der Waals surface area contributed by atoms with Crippen LogP contribution in [-0.2, 0) is 6.54 Å². The van der Waals surface area contributed by atoms with E-state index in [1.807, 2.05) is 6.92 Å². The number of nitrogens with zero attached hydrogens (tertiary/aromatic N) is 2. The first-order valence-corrected chi connectivity index (χ1v) is 3.56. The van der Waals surface area contributed by atoms with Crippen molar-refractivity contribution in [1.29, 1.82) is 0 Å². The monoisotopic (exact) mass is 157 g/mol. The number of halogens is 1. The van der Waals surface area contributed by atoms with Crippen LogP contribution in [0.15, 0.2) is 0 Å². The van der Waals surface area contributed by atoms with Gasteiger partial charge in [0.2, 0.25) is 11.7 Å². The van der Waals surface area contributed by atoms with Crippen LogP contribution in [0.4, 0.5) is 4.39 Å². The van der Waals surface area contributed by atoms with Gasteiger partial charge in [-0.2, -0.15) is 9.49 Å². The highest BCUT2D eigenvalue weighted by Crippen LogP contribution is 2.14. The molecule has 4 heteroatoms. The third kappa shape index (κ3) is 1.50. The molecular formula is C7H10FN2O. The van der Waals surface area contributed by atoms with Crippen LogP contribution in [-0.4, -0.2) is 16.4 Å². The van der Waals surface area contributed by atoms with Crippen molar-refractivity contribution in [3.63, 3.8) is 0 Å². The van der Waals surface area contributed by atoms with Gasteiger partial charge in [-0.25, -0.2) is 4.68 Å². The maximum Gasteiger partial charge on any atom is 0.249 e. The Bertz CT molecular complexity index is 234. The molecule has 3 nitrogen and oxygen atoms in total. The predicted molar refractivity (Wildman–Crippen MR) is 37.9 cm³/mol. The second-order valence-electron chi connectivity index (χ2n) is 1.98. The molecule has 1 radical (unpaired) electrons. The summed E-state index contributed by atoms with van der Waals surface area (Å²) in [6.45, 7) is 4.70. The van der Waals surface area contributed by atoms with E-state index in [2.05, 4.69) is 11.3 Å². The standard InChI is InChI=1S/C7H10FN2O/c1-3-10-7(11-4-2)6(8)5-9-10/h3-4H2,1-2H3. The van der Waals surface area contributed by atoms with Crippen molar-refractivity contribution < 1.29 is 9.13 Å². The molecule has 0 aromatic carbocycles. The largest absolute Gasteiger partial charge is 0.476 e. The first-order chi connectivity index (χ1) is 5.29. The maximum atomic E-state index is 12.7. The van der Waals surface area contributed by atoms with E-state index in [-0.39, 0.29) is 5.88 Å². The summed E-state index contributed by atoms with van der Waals surface area (Å²) in [4.78, 5) is 0. The zero-order chi connectivity index (χ0) is 8.27. The summed E-state index contributed by atoms with van der Waals surface area (Å²) in [7, 11) is 0. The average Bonchev–Trinajstić information content (AvgIpc) is 2.34. The highest BCUT2D eigenvalue weighted by Gasteiger charge is 2.09. The average molecular weight is 157 g/mol. The van der Waals surface area contributed by atoms with Crippen molar-refractivity contribution in [2.75, 3.05) is 6.61 Å². The highest BCUT2D eigenvalue weighted by atomic mass is 19.1. The quantitative estimate of drug-likeness (QED) is 0.660. The number of hydrogen-bond acceptors (Lipinski definition) is 2. The van der Waals surface area contributed by atoms with Crippen LogP contribution < -0.4 is 4.74 Å². The minimum absolute atomic E-state index is 0.176. The highest BCUT2D eigenvalue weighted by molar-refractivity contribution is 5.09. The Morgan fingerprint density at radius 2 is 2.36 bits per heavy atom.